The van der Waals surface area contributed by atoms with E-state index >= 15 is 0 Å². The molecule has 0 aromatic rings. The van der Waals surface area contributed by atoms with E-state index in [-0.39, 0.29) is 72.4 Å². The molecule has 3 aliphatic heterocycles. The van der Waals surface area contributed by atoms with Gasteiger partial charge >= 0.3 is 6.03 Å². The Morgan fingerprint density at radius 3 is 2.35 bits per heavy atom. The summed E-state index contributed by atoms with van der Waals surface area (Å²) in [4.78, 5) is 98.4. The van der Waals surface area contributed by atoms with Gasteiger partial charge in [0.25, 0.3) is 5.91 Å². The Hall–Kier alpha value is -3.81. The third-order valence-corrected chi connectivity index (χ3v) is 13.6. The van der Waals surface area contributed by atoms with Crippen molar-refractivity contribution >= 4 is 41.4 Å². The molecule has 6 rings (SSSR count). The van der Waals surface area contributed by atoms with E-state index in [1.165, 1.54) is 15.9 Å². The van der Waals surface area contributed by atoms with Crippen LogP contribution in [-0.2, 0) is 33.5 Å². The van der Waals surface area contributed by atoms with Crippen molar-refractivity contribution in [1.29, 1.82) is 0 Å². The summed E-state index contributed by atoms with van der Waals surface area (Å²) in [6, 6.07) is -4.41. The number of urea groups is 1. The minimum Gasteiger partial charge on any atom is -0.376 e. The Labute approximate surface area is 318 Å². The number of carbonyl (C=O) groups is 7. The Morgan fingerprint density at radius 2 is 1.69 bits per heavy atom. The summed E-state index contributed by atoms with van der Waals surface area (Å²) in [7, 11) is 0. The molecule has 3 heterocycles. The summed E-state index contributed by atoms with van der Waals surface area (Å²) in [5, 5.41) is 11.2. The number of imide groups is 1. The standard InChI is InChI=1S/C40H60N6O8/c1-8-17-41-33(49)31(47)26-14-12-10-9-11-13-18-54-22(2)29(36(52)45-20-25-28(39(25,6)7)30(45)32(48)42-26)44-37(53)43-27(38(3,4)5)21-46-34(50)23-15-16-40(23)19-24(40)35(46)51/h8,22-30H,1,9-21H2,2-7H3,(H,41,49)(H,42,48)(H2,43,44,53)/t22-,23?,24?,25-,26-,27+,28-,29-,30-,40?/m0/s1. The number of hydrogen-bond acceptors (Lipinski definition) is 8. The van der Waals surface area contributed by atoms with Gasteiger partial charge in [0.1, 0.15) is 12.1 Å². The van der Waals surface area contributed by atoms with E-state index in [4.69, 9.17) is 4.74 Å². The number of fused-ring (bicyclic) bond motifs is 3. The molecule has 0 bridgehead atoms. The highest BCUT2D eigenvalue weighted by molar-refractivity contribution is 6.38. The lowest BCUT2D eigenvalue weighted by molar-refractivity contribution is -0.161. The van der Waals surface area contributed by atoms with Crippen LogP contribution in [0.5, 0.6) is 0 Å². The largest absolute Gasteiger partial charge is 0.376 e. The van der Waals surface area contributed by atoms with E-state index in [2.05, 4.69) is 41.7 Å². The van der Waals surface area contributed by atoms with Gasteiger partial charge in [0.2, 0.25) is 29.4 Å². The van der Waals surface area contributed by atoms with Crippen molar-refractivity contribution in [3.05, 3.63) is 12.7 Å². The predicted molar refractivity (Wildman–Crippen MR) is 198 cm³/mol. The number of hydrogen-bond donors (Lipinski definition) is 4. The van der Waals surface area contributed by atoms with Crippen molar-refractivity contribution in [2.75, 3.05) is 26.2 Å². The lowest BCUT2D eigenvalue weighted by Crippen LogP contribution is -2.63. The van der Waals surface area contributed by atoms with Crippen LogP contribution >= 0.6 is 0 Å². The van der Waals surface area contributed by atoms with E-state index < -0.39 is 65.2 Å². The van der Waals surface area contributed by atoms with E-state index in [1.54, 1.807) is 6.92 Å². The zero-order valence-corrected chi connectivity index (χ0v) is 32.8. The number of carbonyl (C=O) groups excluding carboxylic acids is 7. The second-order valence-electron chi connectivity index (χ2n) is 18.3. The van der Waals surface area contributed by atoms with E-state index in [0.29, 0.717) is 13.0 Å². The molecule has 0 radical (unpaired) electrons. The topological polar surface area (TPSA) is 183 Å². The van der Waals surface area contributed by atoms with Crippen LogP contribution in [0, 0.1) is 39.9 Å². The number of rotatable bonds is 8. The molecule has 3 unspecified atom stereocenters. The molecule has 4 N–H and O–H groups in total. The van der Waals surface area contributed by atoms with E-state index in [1.807, 2.05) is 20.8 Å². The molecule has 3 aliphatic carbocycles. The Morgan fingerprint density at radius 1 is 1.00 bits per heavy atom. The highest BCUT2D eigenvalue weighted by Crippen LogP contribution is 2.71. The molecule has 0 aromatic carbocycles. The SMILES string of the molecule is C=CCNC(=O)C(=O)[C@@H]1CCCCCCCO[C@@H](C)[C@H](NC(=O)N[C@H](CN2C(=O)C3CCC34CC4C2=O)C(C)(C)C)C(=O)N2C[C@H]3[C@@H]([C@H]2C(=O)N1)C3(C)C. The minimum atomic E-state index is -1.17. The average Bonchev–Trinajstić information content (AvgIpc) is 3.92. The number of amides is 7. The third-order valence-electron chi connectivity index (χ3n) is 13.6. The van der Waals surface area contributed by atoms with Crippen LogP contribution in [0.15, 0.2) is 12.7 Å². The molecule has 7 amide bonds. The van der Waals surface area contributed by atoms with Crippen LogP contribution in [0.25, 0.3) is 0 Å². The first kappa shape index (κ1) is 39.9. The number of nitrogens with one attached hydrogen (secondary N) is 4. The molecule has 54 heavy (non-hydrogen) atoms. The molecule has 3 saturated heterocycles. The summed E-state index contributed by atoms with van der Waals surface area (Å²) in [6.45, 7) is 16.0. The summed E-state index contributed by atoms with van der Waals surface area (Å²) in [5.41, 5.74) is -0.917. The first-order valence-corrected chi connectivity index (χ1v) is 20.0. The molecule has 298 valence electrons. The first-order chi connectivity index (χ1) is 25.4. The average molecular weight is 753 g/mol. The van der Waals surface area contributed by atoms with Crippen molar-refractivity contribution < 1.29 is 38.3 Å². The first-order valence-electron chi connectivity index (χ1n) is 20.0. The summed E-state index contributed by atoms with van der Waals surface area (Å²) in [5.74, 6) is -3.25. The van der Waals surface area contributed by atoms with Gasteiger partial charge in [0, 0.05) is 38.1 Å². The second-order valence-corrected chi connectivity index (χ2v) is 18.3. The summed E-state index contributed by atoms with van der Waals surface area (Å²) < 4.78 is 6.17. The predicted octanol–water partition coefficient (Wildman–Crippen LogP) is 2.45. The molecule has 3 saturated carbocycles. The minimum absolute atomic E-state index is 0.0284. The Kier molecular flexibility index (Phi) is 11.1. The fourth-order valence-corrected chi connectivity index (χ4v) is 9.72. The number of likely N-dealkylation sites (tertiary alicyclic amines) is 1. The van der Waals surface area contributed by atoms with Crippen molar-refractivity contribution in [3.8, 4) is 0 Å². The molecule has 0 aromatic heterocycles. The zero-order chi connectivity index (χ0) is 39.3. The maximum atomic E-state index is 14.6. The molecule has 10 atom stereocenters. The lowest BCUT2D eigenvalue weighted by atomic mass is 9.66. The number of Topliss-reactive ketones (excluding diaryl/α,β-unsaturated/α-hetero) is 1. The number of ketones is 1. The zero-order valence-electron chi connectivity index (χ0n) is 32.8. The van der Waals surface area contributed by atoms with Gasteiger partial charge in [-0.25, -0.2) is 4.79 Å². The molecule has 6 fully saturated rings. The van der Waals surface area contributed by atoms with Gasteiger partial charge in [0.05, 0.1) is 18.2 Å². The van der Waals surface area contributed by atoms with Gasteiger partial charge in [-0.05, 0) is 67.1 Å². The van der Waals surface area contributed by atoms with Crippen molar-refractivity contribution in [1.82, 2.24) is 31.1 Å². The van der Waals surface area contributed by atoms with Gasteiger partial charge in [-0.1, -0.05) is 66.4 Å². The van der Waals surface area contributed by atoms with E-state index in [0.717, 1.165) is 44.9 Å². The second kappa shape index (κ2) is 15.0. The molecule has 6 aliphatic rings. The lowest BCUT2D eigenvalue weighted by Gasteiger charge is -2.45. The number of ether oxygens (including phenoxy) is 1. The molecule has 14 heteroatoms. The third kappa shape index (κ3) is 7.43. The fraction of sp³-hybridized carbons (Fsp3) is 0.775. The Bertz CT molecular complexity index is 1570. The van der Waals surface area contributed by atoms with Crippen molar-refractivity contribution in [2.24, 2.45) is 39.9 Å². The van der Waals surface area contributed by atoms with Crippen molar-refractivity contribution in [3.63, 3.8) is 0 Å². The maximum Gasteiger partial charge on any atom is 0.315 e. The Balaban J connectivity index is 1.21. The fourth-order valence-electron chi connectivity index (χ4n) is 9.72. The van der Waals surface area contributed by atoms with Gasteiger partial charge in [0.15, 0.2) is 0 Å². The summed E-state index contributed by atoms with van der Waals surface area (Å²) >= 11 is 0. The van der Waals surface area contributed by atoms with Crippen LogP contribution in [-0.4, -0.2) is 108 Å². The normalized spacial score (nSPS) is 35.5. The van der Waals surface area contributed by atoms with Gasteiger partial charge < -0.3 is 30.9 Å². The quantitative estimate of drug-likeness (QED) is 0.166. The molecule has 14 nitrogen and oxygen atoms in total. The summed E-state index contributed by atoms with van der Waals surface area (Å²) in [6.07, 6.45) is 7.29. The smallest absolute Gasteiger partial charge is 0.315 e. The number of piperidine rings is 2. The van der Waals surface area contributed by atoms with Crippen LogP contribution < -0.4 is 21.3 Å². The van der Waals surface area contributed by atoms with Crippen LogP contribution in [0.1, 0.15) is 99.3 Å². The van der Waals surface area contributed by atoms with Crippen LogP contribution in [0.2, 0.25) is 0 Å². The highest BCUT2D eigenvalue weighted by Gasteiger charge is 2.73. The highest BCUT2D eigenvalue weighted by atomic mass is 16.5. The maximum absolute atomic E-state index is 14.6. The molecular formula is C40H60N6O8. The molecule has 1 spiro atoms. The van der Waals surface area contributed by atoms with E-state index in [9.17, 15) is 33.6 Å². The monoisotopic (exact) mass is 752 g/mol. The van der Waals surface area contributed by atoms with Crippen LogP contribution in [0.3, 0.4) is 0 Å². The van der Waals surface area contributed by atoms with Gasteiger partial charge in [-0.15, -0.1) is 6.58 Å². The van der Waals surface area contributed by atoms with Gasteiger partial charge in [-0.3, -0.25) is 33.7 Å². The van der Waals surface area contributed by atoms with Crippen molar-refractivity contribution in [2.45, 2.75) is 130 Å². The number of nitrogens with zero attached hydrogens (tertiary/aromatic N) is 2. The molecular weight excluding hydrogens is 692 g/mol. The van der Waals surface area contributed by atoms with Gasteiger partial charge in [-0.2, -0.15) is 0 Å². The van der Waals surface area contributed by atoms with Crippen LogP contribution in [0.4, 0.5) is 4.79 Å².